The first-order valence-corrected chi connectivity index (χ1v) is 3.52. The molecule has 1 aromatic heterocycles. The van der Waals surface area contributed by atoms with Crippen LogP contribution in [0.1, 0.15) is 19.9 Å². The Morgan fingerprint density at radius 3 is 2.45 bits per heavy atom. The first kappa shape index (κ1) is 8.29. The van der Waals surface area contributed by atoms with Gasteiger partial charge in [-0.15, -0.1) is 0 Å². The van der Waals surface area contributed by atoms with Crippen LogP contribution < -0.4 is 5.59 Å². The third-order valence-electron chi connectivity index (χ3n) is 1.42. The summed E-state index contributed by atoms with van der Waals surface area (Å²) in [5.41, 5.74) is 0.290. The summed E-state index contributed by atoms with van der Waals surface area (Å²) in [7, 11) is -1.46. The monoisotopic (exact) mass is 154 g/mol. The molecule has 0 atom stereocenters. The second-order valence-corrected chi connectivity index (χ2v) is 2.69. The van der Waals surface area contributed by atoms with Crippen molar-refractivity contribution in [2.24, 2.45) is 0 Å². The fourth-order valence-corrected chi connectivity index (χ4v) is 0.778. The van der Waals surface area contributed by atoms with Crippen molar-refractivity contribution in [3.05, 3.63) is 12.3 Å². The lowest BCUT2D eigenvalue weighted by Gasteiger charge is -2.03. The fraction of sp³-hybridized carbons (Fsp3) is 0.500. The molecule has 0 aromatic carbocycles. The molecule has 0 radical (unpaired) electrons. The topological polar surface area (TPSA) is 58.3 Å². The summed E-state index contributed by atoms with van der Waals surface area (Å²) in [5.74, 6) is 0. The number of nitrogens with zero attached hydrogens (tertiary/aromatic N) is 2. The Kier molecular flexibility index (Phi) is 2.31. The van der Waals surface area contributed by atoms with Crippen LogP contribution >= 0.6 is 0 Å². The number of hydrogen-bond acceptors (Lipinski definition) is 3. The van der Waals surface area contributed by atoms with Crippen LogP contribution in [-0.2, 0) is 0 Å². The lowest BCUT2D eigenvalue weighted by Crippen LogP contribution is -2.31. The van der Waals surface area contributed by atoms with E-state index in [1.165, 1.54) is 0 Å². The Bertz CT molecular complexity index is 212. The van der Waals surface area contributed by atoms with E-state index in [9.17, 15) is 0 Å². The molecule has 0 fully saturated rings. The molecule has 60 valence electrons. The van der Waals surface area contributed by atoms with E-state index in [4.69, 9.17) is 10.0 Å². The van der Waals surface area contributed by atoms with Crippen LogP contribution in [0.3, 0.4) is 0 Å². The number of aromatic nitrogens is 2. The summed E-state index contributed by atoms with van der Waals surface area (Å²) < 4.78 is 1.68. The molecule has 0 aliphatic heterocycles. The summed E-state index contributed by atoms with van der Waals surface area (Å²) in [6.07, 6.45) is 1.72. The fourth-order valence-electron chi connectivity index (χ4n) is 0.778. The van der Waals surface area contributed by atoms with Gasteiger partial charge in [-0.3, -0.25) is 4.68 Å². The highest BCUT2D eigenvalue weighted by Gasteiger charge is 2.14. The van der Waals surface area contributed by atoms with Gasteiger partial charge in [-0.1, -0.05) is 0 Å². The van der Waals surface area contributed by atoms with E-state index in [2.05, 4.69) is 5.10 Å². The summed E-state index contributed by atoms with van der Waals surface area (Å²) in [5, 5.41) is 21.3. The molecular weight excluding hydrogens is 143 g/mol. The van der Waals surface area contributed by atoms with E-state index >= 15 is 0 Å². The van der Waals surface area contributed by atoms with Crippen LogP contribution in [0.25, 0.3) is 0 Å². The van der Waals surface area contributed by atoms with Crippen LogP contribution in [0, 0.1) is 0 Å². The molecule has 11 heavy (non-hydrogen) atoms. The minimum absolute atomic E-state index is 0.252. The van der Waals surface area contributed by atoms with Crippen molar-refractivity contribution in [1.82, 2.24) is 9.78 Å². The first-order valence-electron chi connectivity index (χ1n) is 3.52. The highest BCUT2D eigenvalue weighted by molar-refractivity contribution is 6.57. The third-order valence-corrected chi connectivity index (χ3v) is 1.42. The molecule has 0 saturated heterocycles. The van der Waals surface area contributed by atoms with Gasteiger partial charge in [0.1, 0.15) is 0 Å². The molecule has 0 amide bonds. The number of hydrogen-bond donors (Lipinski definition) is 2. The van der Waals surface area contributed by atoms with E-state index in [0.717, 1.165) is 0 Å². The zero-order chi connectivity index (χ0) is 8.43. The maximum atomic E-state index is 8.70. The molecule has 1 aromatic rings. The maximum absolute atomic E-state index is 8.70. The first-order chi connectivity index (χ1) is 5.11. The minimum atomic E-state index is -1.46. The van der Waals surface area contributed by atoms with Crippen LogP contribution in [0.4, 0.5) is 0 Å². The van der Waals surface area contributed by atoms with Gasteiger partial charge in [-0.2, -0.15) is 5.10 Å². The second kappa shape index (κ2) is 3.06. The average Bonchev–Trinajstić information content (AvgIpc) is 2.33. The molecule has 0 spiro atoms. The maximum Gasteiger partial charge on any atom is 0.510 e. The predicted octanol–water partition coefficient (Wildman–Crippen LogP) is -0.856. The lowest BCUT2D eigenvalue weighted by atomic mass is 9.87. The normalized spacial score (nSPS) is 10.6. The quantitative estimate of drug-likeness (QED) is 0.545. The van der Waals surface area contributed by atoms with Crippen molar-refractivity contribution < 1.29 is 10.0 Å². The summed E-state index contributed by atoms with van der Waals surface area (Å²) in [4.78, 5) is 0. The highest BCUT2D eigenvalue weighted by Crippen LogP contribution is 1.98. The largest absolute Gasteiger partial charge is 0.510 e. The lowest BCUT2D eigenvalue weighted by molar-refractivity contribution is 0.422. The van der Waals surface area contributed by atoms with Gasteiger partial charge < -0.3 is 10.0 Å². The van der Waals surface area contributed by atoms with Gasteiger partial charge in [0.15, 0.2) is 0 Å². The van der Waals surface area contributed by atoms with Crippen molar-refractivity contribution in [2.45, 2.75) is 19.9 Å². The Balaban J connectivity index is 2.82. The van der Waals surface area contributed by atoms with Gasteiger partial charge in [0.05, 0.1) is 5.59 Å². The van der Waals surface area contributed by atoms with E-state index < -0.39 is 7.12 Å². The minimum Gasteiger partial charge on any atom is -0.422 e. The summed E-state index contributed by atoms with van der Waals surface area (Å²) >= 11 is 0. The van der Waals surface area contributed by atoms with Crippen molar-refractivity contribution in [2.75, 3.05) is 0 Å². The molecular formula is C6H11BN2O2. The Labute approximate surface area is 65.6 Å². The highest BCUT2D eigenvalue weighted by atomic mass is 16.4. The van der Waals surface area contributed by atoms with Crippen LogP contribution in [-0.4, -0.2) is 26.9 Å². The summed E-state index contributed by atoms with van der Waals surface area (Å²) in [6.45, 7) is 3.95. The van der Waals surface area contributed by atoms with Crippen molar-refractivity contribution >= 4 is 12.7 Å². The molecule has 5 heteroatoms. The zero-order valence-electron chi connectivity index (χ0n) is 6.60. The molecule has 0 bridgehead atoms. The average molecular weight is 154 g/mol. The van der Waals surface area contributed by atoms with Gasteiger partial charge in [-0.05, 0) is 19.9 Å². The van der Waals surface area contributed by atoms with Gasteiger partial charge >= 0.3 is 7.12 Å². The van der Waals surface area contributed by atoms with Gasteiger partial charge in [0.2, 0.25) is 0 Å². The van der Waals surface area contributed by atoms with Crippen LogP contribution in [0.2, 0.25) is 0 Å². The van der Waals surface area contributed by atoms with Gasteiger partial charge in [-0.25, -0.2) is 0 Å². The molecule has 4 nitrogen and oxygen atoms in total. The Morgan fingerprint density at radius 2 is 2.18 bits per heavy atom. The standard InChI is InChI=1S/C6H11BN2O2/c1-5(2)9-4-3-6(8-9)7(10)11/h3-5,10-11H,1-2H3. The molecule has 0 unspecified atom stereocenters. The molecule has 2 N–H and O–H groups in total. The van der Waals surface area contributed by atoms with Gasteiger partial charge in [0.25, 0.3) is 0 Å². The molecule has 1 rings (SSSR count). The van der Waals surface area contributed by atoms with Crippen molar-refractivity contribution in [1.29, 1.82) is 0 Å². The Morgan fingerprint density at radius 1 is 1.55 bits per heavy atom. The smallest absolute Gasteiger partial charge is 0.422 e. The van der Waals surface area contributed by atoms with Crippen molar-refractivity contribution in [3.8, 4) is 0 Å². The van der Waals surface area contributed by atoms with E-state index in [-0.39, 0.29) is 6.04 Å². The van der Waals surface area contributed by atoms with Crippen molar-refractivity contribution in [3.63, 3.8) is 0 Å². The second-order valence-electron chi connectivity index (χ2n) is 2.69. The van der Waals surface area contributed by atoms with Gasteiger partial charge in [0, 0.05) is 12.2 Å². The van der Waals surface area contributed by atoms with E-state index in [1.807, 2.05) is 13.8 Å². The number of rotatable bonds is 2. The molecule has 0 aliphatic carbocycles. The summed E-state index contributed by atoms with van der Waals surface area (Å²) in [6, 6.07) is 1.84. The van der Waals surface area contributed by atoms with Crippen LogP contribution in [0.15, 0.2) is 12.3 Å². The SMILES string of the molecule is CC(C)n1ccc(B(O)O)n1. The third kappa shape index (κ3) is 1.81. The van der Waals surface area contributed by atoms with Crippen LogP contribution in [0.5, 0.6) is 0 Å². The molecule has 1 heterocycles. The zero-order valence-corrected chi connectivity index (χ0v) is 6.60. The predicted molar refractivity (Wildman–Crippen MR) is 42.4 cm³/mol. The molecule has 0 saturated carbocycles. The Hall–Kier alpha value is -0.805. The van der Waals surface area contributed by atoms with E-state index in [0.29, 0.717) is 5.59 Å². The molecule has 0 aliphatic rings. The van der Waals surface area contributed by atoms with E-state index in [1.54, 1.807) is 16.9 Å².